The van der Waals surface area contributed by atoms with Crippen LogP contribution in [0.5, 0.6) is 5.75 Å². The predicted octanol–water partition coefficient (Wildman–Crippen LogP) is 2.79. The molecule has 1 aromatic carbocycles. The normalized spacial score (nSPS) is 21.5. The molecule has 0 bridgehead atoms. The number of benzene rings is 1. The minimum absolute atomic E-state index is 0.396. The Bertz CT molecular complexity index is 394. The number of aliphatic hydroxyl groups excluding tert-OH is 1. The summed E-state index contributed by atoms with van der Waals surface area (Å²) in [4.78, 5) is 0. The molecule has 2 N–H and O–H groups in total. The predicted molar refractivity (Wildman–Crippen MR) is 75.3 cm³/mol. The first-order chi connectivity index (χ1) is 9.31. The SMILES string of the molecule is OC(CNC1CC1)c1ccc(OC2CCCC2)cc1. The van der Waals surface area contributed by atoms with Crippen molar-refractivity contribution < 1.29 is 9.84 Å². The monoisotopic (exact) mass is 261 g/mol. The number of hydrogen-bond donors (Lipinski definition) is 2. The van der Waals surface area contributed by atoms with Crippen LogP contribution in [-0.2, 0) is 0 Å². The lowest BCUT2D eigenvalue weighted by atomic mass is 10.1. The summed E-state index contributed by atoms with van der Waals surface area (Å²) in [5, 5.41) is 13.4. The first kappa shape index (κ1) is 12.9. The van der Waals surface area contributed by atoms with Crippen LogP contribution in [0.3, 0.4) is 0 Å². The highest BCUT2D eigenvalue weighted by Crippen LogP contribution is 2.25. The summed E-state index contributed by atoms with van der Waals surface area (Å²) < 4.78 is 5.92. The quantitative estimate of drug-likeness (QED) is 0.827. The standard InChI is InChI=1S/C16H23NO2/c18-16(11-17-13-7-8-13)12-5-9-15(10-6-12)19-14-3-1-2-4-14/h5-6,9-10,13-14,16-18H,1-4,7-8,11H2. The minimum atomic E-state index is -0.416. The molecular formula is C16H23NO2. The molecule has 2 aliphatic rings. The molecule has 19 heavy (non-hydrogen) atoms. The van der Waals surface area contributed by atoms with Gasteiger partial charge in [-0.15, -0.1) is 0 Å². The van der Waals surface area contributed by atoms with Crippen LogP contribution >= 0.6 is 0 Å². The van der Waals surface area contributed by atoms with Gasteiger partial charge in [0, 0.05) is 12.6 Å². The summed E-state index contributed by atoms with van der Waals surface area (Å²) in [6.07, 6.45) is 7.41. The van der Waals surface area contributed by atoms with E-state index in [9.17, 15) is 5.11 Å². The van der Waals surface area contributed by atoms with Crippen LogP contribution in [0.15, 0.2) is 24.3 Å². The van der Waals surface area contributed by atoms with Gasteiger partial charge in [-0.2, -0.15) is 0 Å². The maximum absolute atomic E-state index is 10.1. The zero-order chi connectivity index (χ0) is 13.1. The van der Waals surface area contributed by atoms with Gasteiger partial charge in [-0.3, -0.25) is 0 Å². The van der Waals surface area contributed by atoms with E-state index in [0.717, 1.165) is 11.3 Å². The number of nitrogens with one attached hydrogen (secondary N) is 1. The van der Waals surface area contributed by atoms with Crippen molar-refractivity contribution in [1.82, 2.24) is 5.32 Å². The van der Waals surface area contributed by atoms with Crippen molar-refractivity contribution in [2.24, 2.45) is 0 Å². The van der Waals surface area contributed by atoms with Crippen LogP contribution in [-0.4, -0.2) is 23.8 Å². The molecule has 3 nitrogen and oxygen atoms in total. The van der Waals surface area contributed by atoms with Gasteiger partial charge in [-0.25, -0.2) is 0 Å². The van der Waals surface area contributed by atoms with E-state index in [1.807, 2.05) is 24.3 Å². The first-order valence-corrected chi connectivity index (χ1v) is 7.49. The average molecular weight is 261 g/mol. The molecule has 2 fully saturated rings. The van der Waals surface area contributed by atoms with Crippen molar-refractivity contribution in [3.63, 3.8) is 0 Å². The van der Waals surface area contributed by atoms with E-state index in [2.05, 4.69) is 5.32 Å². The number of ether oxygens (including phenoxy) is 1. The van der Waals surface area contributed by atoms with Gasteiger partial charge in [-0.1, -0.05) is 12.1 Å². The lowest BCUT2D eigenvalue weighted by molar-refractivity contribution is 0.173. The van der Waals surface area contributed by atoms with E-state index in [4.69, 9.17) is 4.74 Å². The van der Waals surface area contributed by atoms with Gasteiger partial charge in [0.1, 0.15) is 5.75 Å². The molecule has 0 radical (unpaired) electrons. The van der Waals surface area contributed by atoms with Crippen molar-refractivity contribution in [2.75, 3.05) is 6.54 Å². The topological polar surface area (TPSA) is 41.5 Å². The molecule has 0 saturated heterocycles. The van der Waals surface area contributed by atoms with Crippen molar-refractivity contribution in [3.05, 3.63) is 29.8 Å². The average Bonchev–Trinajstić information content (AvgIpc) is 3.13. The van der Waals surface area contributed by atoms with Gasteiger partial charge in [0.05, 0.1) is 12.2 Å². The third-order valence-electron chi connectivity index (χ3n) is 4.05. The summed E-state index contributed by atoms with van der Waals surface area (Å²) in [6.45, 7) is 0.646. The van der Waals surface area contributed by atoms with Gasteiger partial charge >= 0.3 is 0 Å². The number of hydrogen-bond acceptors (Lipinski definition) is 3. The third-order valence-corrected chi connectivity index (χ3v) is 4.05. The maximum atomic E-state index is 10.1. The molecule has 104 valence electrons. The fourth-order valence-corrected chi connectivity index (χ4v) is 2.65. The van der Waals surface area contributed by atoms with E-state index in [-0.39, 0.29) is 0 Å². The van der Waals surface area contributed by atoms with E-state index in [0.29, 0.717) is 18.7 Å². The number of rotatable bonds is 6. The van der Waals surface area contributed by atoms with Crippen LogP contribution in [0, 0.1) is 0 Å². The molecule has 1 unspecified atom stereocenters. The smallest absolute Gasteiger partial charge is 0.119 e. The van der Waals surface area contributed by atoms with Crippen LogP contribution < -0.4 is 10.1 Å². The lowest BCUT2D eigenvalue weighted by Crippen LogP contribution is -2.23. The highest BCUT2D eigenvalue weighted by atomic mass is 16.5. The second kappa shape index (κ2) is 5.93. The highest BCUT2D eigenvalue weighted by Gasteiger charge is 2.21. The fraction of sp³-hybridized carbons (Fsp3) is 0.625. The molecule has 3 rings (SSSR count). The van der Waals surface area contributed by atoms with Crippen molar-refractivity contribution in [3.8, 4) is 5.75 Å². The fourth-order valence-electron chi connectivity index (χ4n) is 2.65. The molecule has 2 aliphatic carbocycles. The van der Waals surface area contributed by atoms with Crippen LogP contribution in [0.1, 0.15) is 50.2 Å². The molecular weight excluding hydrogens is 238 g/mol. The second-order valence-corrected chi connectivity index (χ2v) is 5.79. The van der Waals surface area contributed by atoms with Gasteiger partial charge in [0.2, 0.25) is 0 Å². The molecule has 0 heterocycles. The molecule has 1 aromatic rings. The summed E-state index contributed by atoms with van der Waals surface area (Å²) >= 11 is 0. The van der Waals surface area contributed by atoms with Gasteiger partial charge in [-0.05, 0) is 56.2 Å². The third kappa shape index (κ3) is 3.71. The van der Waals surface area contributed by atoms with Crippen molar-refractivity contribution in [2.45, 2.75) is 56.8 Å². The Morgan fingerprint density at radius 2 is 1.79 bits per heavy atom. The minimum Gasteiger partial charge on any atom is -0.490 e. The summed E-state index contributed by atoms with van der Waals surface area (Å²) in [5.74, 6) is 0.929. The van der Waals surface area contributed by atoms with E-state index < -0.39 is 6.10 Å². The zero-order valence-corrected chi connectivity index (χ0v) is 11.3. The molecule has 2 saturated carbocycles. The van der Waals surface area contributed by atoms with E-state index >= 15 is 0 Å². The highest BCUT2D eigenvalue weighted by molar-refractivity contribution is 5.29. The Kier molecular flexibility index (Phi) is 4.04. The Hall–Kier alpha value is -1.06. The Balaban J connectivity index is 1.51. The van der Waals surface area contributed by atoms with Gasteiger partial charge in [0.25, 0.3) is 0 Å². The zero-order valence-electron chi connectivity index (χ0n) is 11.3. The van der Waals surface area contributed by atoms with E-state index in [1.165, 1.54) is 38.5 Å². The second-order valence-electron chi connectivity index (χ2n) is 5.79. The Labute approximate surface area is 115 Å². The first-order valence-electron chi connectivity index (χ1n) is 7.49. The maximum Gasteiger partial charge on any atom is 0.119 e. The molecule has 0 spiro atoms. The van der Waals surface area contributed by atoms with Gasteiger partial charge < -0.3 is 15.2 Å². The van der Waals surface area contributed by atoms with Crippen molar-refractivity contribution >= 4 is 0 Å². The van der Waals surface area contributed by atoms with Crippen molar-refractivity contribution in [1.29, 1.82) is 0 Å². The van der Waals surface area contributed by atoms with Crippen LogP contribution in [0.2, 0.25) is 0 Å². The number of aliphatic hydroxyl groups is 1. The summed E-state index contributed by atoms with van der Waals surface area (Å²) in [6, 6.07) is 8.55. The summed E-state index contributed by atoms with van der Waals surface area (Å²) in [5.41, 5.74) is 0.965. The largest absolute Gasteiger partial charge is 0.490 e. The van der Waals surface area contributed by atoms with E-state index in [1.54, 1.807) is 0 Å². The Morgan fingerprint density at radius 3 is 2.42 bits per heavy atom. The lowest BCUT2D eigenvalue weighted by Gasteiger charge is -2.15. The summed E-state index contributed by atoms with van der Waals surface area (Å²) in [7, 11) is 0. The van der Waals surface area contributed by atoms with Gasteiger partial charge in [0.15, 0.2) is 0 Å². The molecule has 0 amide bonds. The van der Waals surface area contributed by atoms with Crippen LogP contribution in [0.25, 0.3) is 0 Å². The molecule has 3 heteroatoms. The molecule has 0 aliphatic heterocycles. The molecule has 1 atom stereocenters. The molecule has 0 aromatic heterocycles. The van der Waals surface area contributed by atoms with Crippen LogP contribution in [0.4, 0.5) is 0 Å². The Morgan fingerprint density at radius 1 is 1.11 bits per heavy atom.